The second kappa shape index (κ2) is 8.16. The predicted octanol–water partition coefficient (Wildman–Crippen LogP) is 3.12. The van der Waals surface area contributed by atoms with Crippen LogP contribution < -0.4 is 4.74 Å². The van der Waals surface area contributed by atoms with Gasteiger partial charge < -0.3 is 14.4 Å². The van der Waals surface area contributed by atoms with Crippen molar-refractivity contribution in [1.82, 2.24) is 15.1 Å². The molecule has 1 saturated heterocycles. The number of aromatic amines is 1. The maximum Gasteiger partial charge on any atom is 0.257 e. The average molecular weight is 343 g/mol. The highest BCUT2D eigenvalue weighted by molar-refractivity contribution is 5.99. The molecule has 1 aliphatic heterocycles. The third-order valence-electron chi connectivity index (χ3n) is 4.62. The molecule has 1 atom stereocenters. The van der Waals surface area contributed by atoms with Gasteiger partial charge in [0.05, 0.1) is 30.7 Å². The number of methoxy groups -OCH3 is 1. The number of benzene rings is 1. The van der Waals surface area contributed by atoms with E-state index in [9.17, 15) is 4.79 Å². The second-order valence-electron chi connectivity index (χ2n) is 6.39. The first kappa shape index (κ1) is 17.5. The van der Waals surface area contributed by atoms with Crippen LogP contribution in [0.5, 0.6) is 5.75 Å². The third-order valence-corrected chi connectivity index (χ3v) is 4.62. The summed E-state index contributed by atoms with van der Waals surface area (Å²) in [5.41, 5.74) is 2.18. The van der Waals surface area contributed by atoms with Gasteiger partial charge >= 0.3 is 0 Å². The third kappa shape index (κ3) is 4.20. The van der Waals surface area contributed by atoms with Gasteiger partial charge in [0.2, 0.25) is 0 Å². The van der Waals surface area contributed by atoms with E-state index in [4.69, 9.17) is 9.47 Å². The molecule has 3 rings (SSSR count). The molecule has 0 unspecified atom stereocenters. The molecule has 25 heavy (non-hydrogen) atoms. The number of rotatable bonds is 7. The summed E-state index contributed by atoms with van der Waals surface area (Å²) in [4.78, 5) is 14.5. The fraction of sp³-hybridized carbons (Fsp3) is 0.474. The van der Waals surface area contributed by atoms with Gasteiger partial charge in [-0.1, -0.05) is 12.1 Å². The smallest absolute Gasteiger partial charge is 0.257 e. The zero-order valence-electron chi connectivity index (χ0n) is 14.8. The quantitative estimate of drug-likeness (QED) is 0.839. The van der Waals surface area contributed by atoms with Crippen molar-refractivity contribution < 1.29 is 14.3 Å². The second-order valence-corrected chi connectivity index (χ2v) is 6.39. The number of nitrogens with zero attached hydrogens (tertiary/aromatic N) is 2. The fourth-order valence-electron chi connectivity index (χ4n) is 3.18. The van der Waals surface area contributed by atoms with Crippen molar-refractivity contribution in [3.05, 3.63) is 36.0 Å². The first-order chi connectivity index (χ1) is 12.2. The van der Waals surface area contributed by atoms with Crippen LogP contribution in [0.3, 0.4) is 0 Å². The van der Waals surface area contributed by atoms with E-state index in [0.29, 0.717) is 18.2 Å². The topological polar surface area (TPSA) is 67.5 Å². The molecule has 6 nitrogen and oxygen atoms in total. The van der Waals surface area contributed by atoms with E-state index in [0.717, 1.165) is 49.3 Å². The van der Waals surface area contributed by atoms with E-state index in [-0.39, 0.29) is 5.91 Å². The first-order valence-electron chi connectivity index (χ1n) is 8.74. The molecular weight excluding hydrogens is 318 g/mol. The molecule has 0 aliphatic carbocycles. The molecule has 1 N–H and O–H groups in total. The van der Waals surface area contributed by atoms with Crippen molar-refractivity contribution >= 4 is 5.91 Å². The van der Waals surface area contributed by atoms with Crippen LogP contribution in [0.1, 0.15) is 36.0 Å². The molecule has 0 saturated carbocycles. The lowest BCUT2D eigenvalue weighted by Crippen LogP contribution is -2.28. The average Bonchev–Trinajstić information content (AvgIpc) is 3.32. The number of carbonyl (C=O) groups excluding carboxylic acids is 1. The SMILES string of the molecule is COc1cccc(-c2[nH]ncc2C(=O)N(C)CCC[C@@H]2CCCO2)c1. The van der Waals surface area contributed by atoms with E-state index >= 15 is 0 Å². The van der Waals surface area contributed by atoms with Crippen molar-refractivity contribution in [2.24, 2.45) is 0 Å². The van der Waals surface area contributed by atoms with Crippen LogP contribution in [0.2, 0.25) is 0 Å². The molecular formula is C19H25N3O3. The summed E-state index contributed by atoms with van der Waals surface area (Å²) < 4.78 is 10.9. The summed E-state index contributed by atoms with van der Waals surface area (Å²) in [6, 6.07) is 7.60. The molecule has 6 heteroatoms. The molecule has 134 valence electrons. The van der Waals surface area contributed by atoms with Crippen LogP contribution in [0.25, 0.3) is 11.3 Å². The Kier molecular flexibility index (Phi) is 5.71. The number of H-pyrrole nitrogens is 1. The maximum absolute atomic E-state index is 12.8. The molecule has 1 fully saturated rings. The summed E-state index contributed by atoms with van der Waals surface area (Å²) in [5.74, 6) is 0.717. The Morgan fingerprint density at radius 3 is 3.12 bits per heavy atom. The Balaban J connectivity index is 1.64. The summed E-state index contributed by atoms with van der Waals surface area (Å²) in [5, 5.41) is 7.00. The predicted molar refractivity (Wildman–Crippen MR) is 95.7 cm³/mol. The van der Waals surface area contributed by atoms with Crippen molar-refractivity contribution in [2.75, 3.05) is 27.3 Å². The number of hydrogen-bond donors (Lipinski definition) is 1. The molecule has 1 aromatic carbocycles. The van der Waals surface area contributed by atoms with Crippen molar-refractivity contribution in [1.29, 1.82) is 0 Å². The van der Waals surface area contributed by atoms with Crippen molar-refractivity contribution in [3.63, 3.8) is 0 Å². The standard InChI is InChI=1S/C19H25N3O3/c1-22(10-4-8-15-9-5-11-25-15)19(23)17-13-20-21-18(17)14-6-3-7-16(12-14)24-2/h3,6-7,12-13,15H,4-5,8-11H2,1-2H3,(H,20,21)/t15-/m1/s1. The Hall–Kier alpha value is -2.34. The molecule has 1 amide bonds. The van der Waals surface area contributed by atoms with Crippen LogP contribution in [0.15, 0.2) is 30.5 Å². The van der Waals surface area contributed by atoms with E-state index in [1.165, 1.54) is 0 Å². The fourth-order valence-corrected chi connectivity index (χ4v) is 3.18. The van der Waals surface area contributed by atoms with Crippen LogP contribution in [-0.2, 0) is 4.74 Å². The lowest BCUT2D eigenvalue weighted by molar-refractivity contribution is 0.0764. The van der Waals surface area contributed by atoms with E-state index < -0.39 is 0 Å². The minimum Gasteiger partial charge on any atom is -0.497 e. The minimum absolute atomic E-state index is 0.0288. The molecule has 2 aromatic rings. The van der Waals surface area contributed by atoms with E-state index in [2.05, 4.69) is 10.2 Å². The lowest BCUT2D eigenvalue weighted by atomic mass is 10.1. The molecule has 0 spiro atoms. The van der Waals surface area contributed by atoms with Gasteiger partial charge in [-0.2, -0.15) is 5.10 Å². The van der Waals surface area contributed by atoms with Gasteiger partial charge in [-0.25, -0.2) is 0 Å². The van der Waals surface area contributed by atoms with Gasteiger partial charge in [0.15, 0.2) is 0 Å². The van der Waals surface area contributed by atoms with Crippen LogP contribution in [-0.4, -0.2) is 54.4 Å². The monoisotopic (exact) mass is 343 g/mol. The normalized spacial score (nSPS) is 16.8. The number of amides is 1. The number of hydrogen-bond acceptors (Lipinski definition) is 4. The number of carbonyl (C=O) groups is 1. The van der Waals surface area contributed by atoms with E-state index in [1.54, 1.807) is 18.2 Å². The van der Waals surface area contributed by atoms with Gasteiger partial charge in [-0.05, 0) is 37.8 Å². The largest absolute Gasteiger partial charge is 0.497 e. The Labute approximate surface area is 148 Å². The highest BCUT2D eigenvalue weighted by Crippen LogP contribution is 2.26. The highest BCUT2D eigenvalue weighted by atomic mass is 16.5. The van der Waals surface area contributed by atoms with E-state index in [1.807, 2.05) is 31.3 Å². The summed E-state index contributed by atoms with van der Waals surface area (Å²) in [6.07, 6.45) is 6.20. The molecule has 0 radical (unpaired) electrons. The van der Waals surface area contributed by atoms with Gasteiger partial charge in [0.25, 0.3) is 5.91 Å². The Morgan fingerprint density at radius 2 is 2.36 bits per heavy atom. The Morgan fingerprint density at radius 1 is 1.48 bits per heavy atom. The van der Waals surface area contributed by atoms with Crippen LogP contribution >= 0.6 is 0 Å². The number of ether oxygens (including phenoxy) is 2. The van der Waals surface area contributed by atoms with Crippen LogP contribution in [0.4, 0.5) is 0 Å². The summed E-state index contributed by atoms with van der Waals surface area (Å²) >= 11 is 0. The number of aromatic nitrogens is 2. The molecule has 1 aromatic heterocycles. The maximum atomic E-state index is 12.8. The van der Waals surface area contributed by atoms with Crippen molar-refractivity contribution in [3.8, 4) is 17.0 Å². The Bertz CT molecular complexity index is 707. The first-order valence-corrected chi connectivity index (χ1v) is 8.74. The lowest BCUT2D eigenvalue weighted by Gasteiger charge is -2.18. The van der Waals surface area contributed by atoms with Gasteiger partial charge in [-0.3, -0.25) is 9.89 Å². The number of nitrogens with one attached hydrogen (secondary N) is 1. The summed E-state index contributed by atoms with van der Waals surface area (Å²) in [7, 11) is 3.46. The summed E-state index contributed by atoms with van der Waals surface area (Å²) in [6.45, 7) is 1.58. The van der Waals surface area contributed by atoms with Crippen LogP contribution in [0, 0.1) is 0 Å². The highest BCUT2D eigenvalue weighted by Gasteiger charge is 2.20. The zero-order chi connectivity index (χ0) is 17.6. The molecule has 0 bridgehead atoms. The van der Waals surface area contributed by atoms with Gasteiger partial charge in [-0.15, -0.1) is 0 Å². The minimum atomic E-state index is -0.0288. The van der Waals surface area contributed by atoms with Gasteiger partial charge in [0, 0.05) is 25.8 Å². The van der Waals surface area contributed by atoms with Crippen molar-refractivity contribution in [2.45, 2.75) is 31.8 Å². The molecule has 1 aliphatic rings. The molecule has 2 heterocycles. The van der Waals surface area contributed by atoms with Gasteiger partial charge in [0.1, 0.15) is 5.75 Å². The zero-order valence-corrected chi connectivity index (χ0v) is 14.8.